The SMILES string of the molecule is N#CC(=Cc1ccc(O)cc1)C(=O)Nc1ncc(Cc2cc(Cl)ccc2Cl)s1. The third-order valence-electron chi connectivity index (χ3n) is 3.72. The zero-order chi connectivity index (χ0) is 20.1. The summed E-state index contributed by atoms with van der Waals surface area (Å²) in [7, 11) is 0. The van der Waals surface area contributed by atoms with Crippen LogP contribution in [0.4, 0.5) is 5.13 Å². The first-order chi connectivity index (χ1) is 13.4. The molecule has 0 aliphatic carbocycles. The van der Waals surface area contributed by atoms with Crippen molar-refractivity contribution in [2.75, 3.05) is 5.32 Å². The van der Waals surface area contributed by atoms with Crippen LogP contribution in [0.3, 0.4) is 0 Å². The molecule has 3 rings (SSSR count). The van der Waals surface area contributed by atoms with E-state index >= 15 is 0 Å². The molecule has 0 aliphatic rings. The third kappa shape index (κ3) is 5.11. The fourth-order valence-corrected chi connectivity index (χ4v) is 3.57. The number of nitrogens with one attached hydrogen (secondary N) is 1. The topological polar surface area (TPSA) is 86.0 Å². The number of anilines is 1. The van der Waals surface area contributed by atoms with Gasteiger partial charge in [-0.25, -0.2) is 4.98 Å². The molecule has 2 N–H and O–H groups in total. The Morgan fingerprint density at radius 1 is 1.25 bits per heavy atom. The average Bonchev–Trinajstić information content (AvgIpc) is 3.11. The van der Waals surface area contributed by atoms with E-state index in [2.05, 4.69) is 10.3 Å². The van der Waals surface area contributed by atoms with Gasteiger partial charge in [0, 0.05) is 27.5 Å². The number of thiazole rings is 1. The van der Waals surface area contributed by atoms with E-state index in [1.165, 1.54) is 29.5 Å². The van der Waals surface area contributed by atoms with Gasteiger partial charge in [-0.15, -0.1) is 11.3 Å². The van der Waals surface area contributed by atoms with Gasteiger partial charge in [-0.1, -0.05) is 35.3 Å². The molecule has 1 amide bonds. The second kappa shape index (κ2) is 8.89. The summed E-state index contributed by atoms with van der Waals surface area (Å²) in [4.78, 5) is 17.4. The van der Waals surface area contributed by atoms with Crippen molar-refractivity contribution in [3.8, 4) is 11.8 Å². The van der Waals surface area contributed by atoms with Gasteiger partial charge in [0.25, 0.3) is 5.91 Å². The van der Waals surface area contributed by atoms with Gasteiger partial charge in [-0.2, -0.15) is 5.26 Å². The molecule has 0 fully saturated rings. The number of rotatable bonds is 5. The molecule has 0 spiro atoms. The Balaban J connectivity index is 1.71. The number of hydrogen-bond donors (Lipinski definition) is 2. The fourth-order valence-electron chi connectivity index (χ4n) is 2.36. The minimum Gasteiger partial charge on any atom is -0.508 e. The van der Waals surface area contributed by atoms with Crippen molar-refractivity contribution in [2.24, 2.45) is 0 Å². The molecule has 0 bridgehead atoms. The number of aromatic hydroxyl groups is 1. The van der Waals surface area contributed by atoms with Gasteiger partial charge in [-0.3, -0.25) is 10.1 Å². The van der Waals surface area contributed by atoms with Crippen molar-refractivity contribution in [1.29, 1.82) is 5.26 Å². The molecule has 0 saturated heterocycles. The summed E-state index contributed by atoms with van der Waals surface area (Å²) < 4.78 is 0. The van der Waals surface area contributed by atoms with Crippen LogP contribution in [0.15, 0.2) is 54.2 Å². The maximum absolute atomic E-state index is 12.4. The number of carbonyl (C=O) groups is 1. The van der Waals surface area contributed by atoms with E-state index in [1.54, 1.807) is 36.5 Å². The first-order valence-electron chi connectivity index (χ1n) is 8.05. The Morgan fingerprint density at radius 3 is 2.71 bits per heavy atom. The Hall–Kier alpha value is -2.85. The van der Waals surface area contributed by atoms with Crippen molar-refractivity contribution >= 4 is 51.7 Å². The predicted molar refractivity (Wildman–Crippen MR) is 112 cm³/mol. The first-order valence-corrected chi connectivity index (χ1v) is 9.62. The summed E-state index contributed by atoms with van der Waals surface area (Å²) in [6.45, 7) is 0. The van der Waals surface area contributed by atoms with Crippen molar-refractivity contribution in [3.63, 3.8) is 0 Å². The van der Waals surface area contributed by atoms with Gasteiger partial charge < -0.3 is 5.11 Å². The summed E-state index contributed by atoms with van der Waals surface area (Å²) in [5.41, 5.74) is 1.42. The summed E-state index contributed by atoms with van der Waals surface area (Å²) in [5, 5.41) is 22.8. The Kier molecular flexibility index (Phi) is 6.32. The molecule has 0 radical (unpaired) electrons. The number of phenols is 1. The number of aromatic nitrogens is 1. The first kappa shape index (κ1) is 19.9. The molecule has 0 saturated carbocycles. The molecule has 0 unspecified atom stereocenters. The number of carbonyl (C=O) groups excluding carboxylic acids is 1. The van der Waals surface area contributed by atoms with Gasteiger partial charge in [0.15, 0.2) is 5.13 Å². The summed E-state index contributed by atoms with van der Waals surface area (Å²) in [6, 6.07) is 13.3. The molecule has 5 nitrogen and oxygen atoms in total. The number of amides is 1. The second-order valence-electron chi connectivity index (χ2n) is 5.76. The second-order valence-corrected chi connectivity index (χ2v) is 7.72. The molecular formula is C20H13Cl2N3O2S. The van der Waals surface area contributed by atoms with Crippen LogP contribution >= 0.6 is 34.5 Å². The van der Waals surface area contributed by atoms with E-state index in [0.29, 0.717) is 27.2 Å². The van der Waals surface area contributed by atoms with Crippen LogP contribution in [0, 0.1) is 11.3 Å². The largest absolute Gasteiger partial charge is 0.508 e. The highest BCUT2D eigenvalue weighted by Crippen LogP contribution is 2.27. The minimum absolute atomic E-state index is 0.0691. The van der Waals surface area contributed by atoms with Crippen molar-refractivity contribution in [1.82, 2.24) is 4.98 Å². The number of hydrogen-bond acceptors (Lipinski definition) is 5. The molecule has 2 aromatic carbocycles. The monoisotopic (exact) mass is 429 g/mol. The van der Waals surface area contributed by atoms with Crippen LogP contribution in [-0.4, -0.2) is 16.0 Å². The van der Waals surface area contributed by atoms with Gasteiger partial charge in [0.2, 0.25) is 0 Å². The number of halogens is 2. The lowest BCUT2D eigenvalue weighted by Crippen LogP contribution is -2.13. The predicted octanol–water partition coefficient (Wildman–Crippen LogP) is 5.29. The van der Waals surface area contributed by atoms with Crippen LogP contribution in [0.1, 0.15) is 16.0 Å². The Labute approximate surface area is 175 Å². The fraction of sp³-hybridized carbons (Fsp3) is 0.0500. The molecule has 1 aromatic heterocycles. The van der Waals surface area contributed by atoms with E-state index in [0.717, 1.165) is 10.4 Å². The highest BCUT2D eigenvalue weighted by Gasteiger charge is 2.13. The summed E-state index contributed by atoms with van der Waals surface area (Å²) in [6.07, 6.45) is 3.61. The molecule has 0 atom stereocenters. The normalized spacial score (nSPS) is 11.1. The van der Waals surface area contributed by atoms with E-state index in [9.17, 15) is 15.2 Å². The number of benzene rings is 2. The molecular weight excluding hydrogens is 417 g/mol. The van der Waals surface area contributed by atoms with Gasteiger partial charge in [-0.05, 0) is 47.5 Å². The lowest BCUT2D eigenvalue weighted by Gasteiger charge is -2.03. The molecule has 28 heavy (non-hydrogen) atoms. The van der Waals surface area contributed by atoms with E-state index in [1.807, 2.05) is 6.07 Å². The smallest absolute Gasteiger partial charge is 0.268 e. The number of phenolic OH excluding ortho intramolecular Hbond substituents is 1. The van der Waals surface area contributed by atoms with E-state index in [-0.39, 0.29) is 11.3 Å². The van der Waals surface area contributed by atoms with Gasteiger partial charge >= 0.3 is 0 Å². The molecule has 0 aliphatic heterocycles. The Bertz CT molecular complexity index is 1090. The summed E-state index contributed by atoms with van der Waals surface area (Å²) >= 11 is 13.5. The van der Waals surface area contributed by atoms with Crippen molar-refractivity contribution < 1.29 is 9.90 Å². The third-order valence-corrected chi connectivity index (χ3v) is 5.23. The molecule has 1 heterocycles. The lowest BCUT2D eigenvalue weighted by molar-refractivity contribution is -0.112. The van der Waals surface area contributed by atoms with Gasteiger partial charge in [0.1, 0.15) is 17.4 Å². The zero-order valence-corrected chi connectivity index (χ0v) is 16.6. The molecule has 8 heteroatoms. The van der Waals surface area contributed by atoms with Crippen LogP contribution in [0.5, 0.6) is 5.75 Å². The minimum atomic E-state index is -0.558. The number of nitriles is 1. The summed E-state index contributed by atoms with van der Waals surface area (Å²) in [5.74, 6) is -0.451. The standard InChI is InChI=1S/C20H13Cl2N3O2S/c21-15-3-6-18(22)13(8-15)9-17-11-24-20(28-17)25-19(27)14(10-23)7-12-1-4-16(26)5-2-12/h1-8,11,26H,9H2,(H,24,25,27). The van der Waals surface area contributed by atoms with Crippen molar-refractivity contribution in [2.45, 2.75) is 6.42 Å². The van der Waals surface area contributed by atoms with Crippen LogP contribution < -0.4 is 5.32 Å². The highest BCUT2D eigenvalue weighted by molar-refractivity contribution is 7.15. The Morgan fingerprint density at radius 2 is 2.00 bits per heavy atom. The average molecular weight is 430 g/mol. The number of nitrogens with zero attached hydrogens (tertiary/aromatic N) is 2. The molecule has 140 valence electrons. The lowest BCUT2D eigenvalue weighted by atomic mass is 10.1. The van der Waals surface area contributed by atoms with Crippen LogP contribution in [-0.2, 0) is 11.2 Å². The van der Waals surface area contributed by atoms with Crippen molar-refractivity contribution in [3.05, 3.63) is 80.3 Å². The van der Waals surface area contributed by atoms with E-state index < -0.39 is 5.91 Å². The quantitative estimate of drug-likeness (QED) is 0.425. The highest BCUT2D eigenvalue weighted by atomic mass is 35.5. The molecule has 3 aromatic rings. The van der Waals surface area contributed by atoms with Gasteiger partial charge in [0.05, 0.1) is 0 Å². The maximum atomic E-state index is 12.4. The van der Waals surface area contributed by atoms with Crippen LogP contribution in [0.2, 0.25) is 10.0 Å². The van der Waals surface area contributed by atoms with Crippen LogP contribution in [0.25, 0.3) is 6.08 Å². The van der Waals surface area contributed by atoms with E-state index in [4.69, 9.17) is 23.2 Å². The maximum Gasteiger partial charge on any atom is 0.268 e. The zero-order valence-electron chi connectivity index (χ0n) is 14.3.